The summed E-state index contributed by atoms with van der Waals surface area (Å²) in [7, 11) is 1.74. The van der Waals surface area contributed by atoms with Crippen LogP contribution in [0.4, 0.5) is 0 Å². The number of amides is 1. The van der Waals surface area contributed by atoms with Gasteiger partial charge in [-0.2, -0.15) is 0 Å². The SMILES string of the molecule is CN[C@@H](CC(C)C)C(=O)N[C@@H](C)C(=O)OCc1ccccc1. The summed E-state index contributed by atoms with van der Waals surface area (Å²) in [6.07, 6.45) is 0.716. The van der Waals surface area contributed by atoms with E-state index in [-0.39, 0.29) is 18.6 Å². The topological polar surface area (TPSA) is 67.4 Å². The van der Waals surface area contributed by atoms with Crippen LogP contribution in [0.3, 0.4) is 0 Å². The van der Waals surface area contributed by atoms with E-state index < -0.39 is 12.0 Å². The van der Waals surface area contributed by atoms with Crippen molar-refractivity contribution in [3.05, 3.63) is 35.9 Å². The molecule has 2 atom stereocenters. The van der Waals surface area contributed by atoms with Crippen LogP contribution >= 0.6 is 0 Å². The molecule has 5 heteroatoms. The lowest BCUT2D eigenvalue weighted by Crippen LogP contribution is -2.49. The molecule has 0 fully saturated rings. The smallest absolute Gasteiger partial charge is 0.328 e. The van der Waals surface area contributed by atoms with Crippen molar-refractivity contribution in [2.75, 3.05) is 7.05 Å². The summed E-state index contributed by atoms with van der Waals surface area (Å²) in [6.45, 7) is 5.94. The van der Waals surface area contributed by atoms with Crippen LogP contribution in [0.15, 0.2) is 30.3 Å². The number of hydrogen-bond acceptors (Lipinski definition) is 4. The standard InChI is InChI=1S/C17H26N2O3/c1-12(2)10-15(18-4)16(20)19-13(3)17(21)22-11-14-8-6-5-7-9-14/h5-9,12-13,15,18H,10-11H2,1-4H3,(H,19,20)/t13-,15-/m0/s1. The molecule has 2 N–H and O–H groups in total. The van der Waals surface area contributed by atoms with Gasteiger partial charge < -0.3 is 15.4 Å². The molecule has 0 aromatic heterocycles. The number of carbonyl (C=O) groups excluding carboxylic acids is 2. The molecule has 0 aliphatic rings. The minimum Gasteiger partial charge on any atom is -0.459 e. The summed E-state index contributed by atoms with van der Waals surface area (Å²) >= 11 is 0. The van der Waals surface area contributed by atoms with E-state index in [1.54, 1.807) is 14.0 Å². The first-order chi connectivity index (χ1) is 10.4. The number of likely N-dealkylation sites (N-methyl/N-ethyl adjacent to an activating group) is 1. The Labute approximate surface area is 132 Å². The number of ether oxygens (including phenoxy) is 1. The van der Waals surface area contributed by atoms with Gasteiger partial charge in [0.05, 0.1) is 6.04 Å². The molecule has 1 aromatic rings. The number of hydrogen-bond donors (Lipinski definition) is 2. The summed E-state index contributed by atoms with van der Waals surface area (Å²) in [4.78, 5) is 24.0. The molecule has 122 valence electrons. The van der Waals surface area contributed by atoms with Gasteiger partial charge in [-0.1, -0.05) is 44.2 Å². The van der Waals surface area contributed by atoms with E-state index in [9.17, 15) is 9.59 Å². The van der Waals surface area contributed by atoms with Gasteiger partial charge in [0.15, 0.2) is 0 Å². The zero-order chi connectivity index (χ0) is 16.5. The Balaban J connectivity index is 2.44. The first-order valence-corrected chi connectivity index (χ1v) is 7.62. The molecule has 0 saturated carbocycles. The summed E-state index contributed by atoms with van der Waals surface area (Å²) in [5, 5.41) is 5.67. The molecule has 5 nitrogen and oxygen atoms in total. The van der Waals surface area contributed by atoms with Crippen LogP contribution in [0.5, 0.6) is 0 Å². The fourth-order valence-electron chi connectivity index (χ4n) is 2.05. The van der Waals surface area contributed by atoms with E-state index in [1.165, 1.54) is 0 Å². The second-order valence-corrected chi connectivity index (χ2v) is 5.79. The Bertz CT molecular complexity index is 474. The molecule has 0 heterocycles. The van der Waals surface area contributed by atoms with Gasteiger partial charge in [0, 0.05) is 0 Å². The zero-order valence-electron chi connectivity index (χ0n) is 13.8. The van der Waals surface area contributed by atoms with E-state index in [1.807, 2.05) is 30.3 Å². The van der Waals surface area contributed by atoms with Crippen LogP contribution in [0.25, 0.3) is 0 Å². The third-order valence-electron chi connectivity index (χ3n) is 3.31. The van der Waals surface area contributed by atoms with Crippen molar-refractivity contribution in [3.8, 4) is 0 Å². The maximum absolute atomic E-state index is 12.1. The molecule has 0 aliphatic carbocycles. The third kappa shape index (κ3) is 6.26. The Morgan fingerprint density at radius 3 is 2.32 bits per heavy atom. The normalized spacial score (nSPS) is 13.5. The maximum Gasteiger partial charge on any atom is 0.328 e. The lowest BCUT2D eigenvalue weighted by molar-refractivity contribution is -0.148. The van der Waals surface area contributed by atoms with Crippen LogP contribution in [0.2, 0.25) is 0 Å². The van der Waals surface area contributed by atoms with E-state index in [4.69, 9.17) is 4.74 Å². The molecule has 0 bridgehead atoms. The maximum atomic E-state index is 12.1. The van der Waals surface area contributed by atoms with E-state index in [0.717, 1.165) is 5.56 Å². The van der Waals surface area contributed by atoms with Crippen LogP contribution in [-0.2, 0) is 20.9 Å². The van der Waals surface area contributed by atoms with Crippen molar-refractivity contribution in [2.45, 2.75) is 45.9 Å². The molecule has 1 rings (SSSR count). The van der Waals surface area contributed by atoms with Gasteiger partial charge in [0.1, 0.15) is 12.6 Å². The molecular formula is C17H26N2O3. The number of esters is 1. The van der Waals surface area contributed by atoms with Gasteiger partial charge in [-0.25, -0.2) is 4.79 Å². The first kappa shape index (κ1) is 18.2. The van der Waals surface area contributed by atoms with Crippen LogP contribution in [-0.4, -0.2) is 31.0 Å². The largest absolute Gasteiger partial charge is 0.459 e. The van der Waals surface area contributed by atoms with E-state index in [2.05, 4.69) is 24.5 Å². The van der Waals surface area contributed by atoms with Gasteiger partial charge in [0.25, 0.3) is 0 Å². The highest BCUT2D eigenvalue weighted by Crippen LogP contribution is 2.05. The van der Waals surface area contributed by atoms with Crippen LogP contribution in [0.1, 0.15) is 32.8 Å². The molecule has 0 saturated heterocycles. The van der Waals surface area contributed by atoms with E-state index >= 15 is 0 Å². The number of rotatable bonds is 8. The Morgan fingerprint density at radius 2 is 1.77 bits per heavy atom. The summed E-state index contributed by atoms with van der Waals surface area (Å²) < 4.78 is 5.21. The Kier molecular flexibility index (Phi) is 7.60. The van der Waals surface area contributed by atoms with E-state index in [0.29, 0.717) is 12.3 Å². The van der Waals surface area contributed by atoms with Crippen molar-refractivity contribution in [3.63, 3.8) is 0 Å². The first-order valence-electron chi connectivity index (χ1n) is 7.62. The number of nitrogens with one attached hydrogen (secondary N) is 2. The molecule has 0 unspecified atom stereocenters. The second kappa shape index (κ2) is 9.20. The fraction of sp³-hybridized carbons (Fsp3) is 0.529. The molecule has 1 amide bonds. The van der Waals surface area contributed by atoms with Gasteiger partial charge >= 0.3 is 5.97 Å². The van der Waals surface area contributed by atoms with Crippen molar-refractivity contribution in [1.82, 2.24) is 10.6 Å². The third-order valence-corrected chi connectivity index (χ3v) is 3.31. The highest BCUT2D eigenvalue weighted by molar-refractivity contribution is 5.87. The number of carbonyl (C=O) groups is 2. The molecule has 0 spiro atoms. The minimum absolute atomic E-state index is 0.180. The van der Waals surface area contributed by atoms with Crippen molar-refractivity contribution >= 4 is 11.9 Å². The van der Waals surface area contributed by atoms with Crippen molar-refractivity contribution < 1.29 is 14.3 Å². The monoisotopic (exact) mass is 306 g/mol. The van der Waals surface area contributed by atoms with Gasteiger partial charge in [-0.05, 0) is 31.9 Å². The van der Waals surface area contributed by atoms with Crippen molar-refractivity contribution in [2.24, 2.45) is 5.92 Å². The average Bonchev–Trinajstić information content (AvgIpc) is 2.50. The summed E-state index contributed by atoms with van der Waals surface area (Å²) in [6, 6.07) is 8.48. The minimum atomic E-state index is -0.667. The van der Waals surface area contributed by atoms with Crippen LogP contribution in [0, 0.1) is 5.92 Å². The average molecular weight is 306 g/mol. The summed E-state index contributed by atoms with van der Waals surface area (Å²) in [5.41, 5.74) is 0.919. The highest BCUT2D eigenvalue weighted by atomic mass is 16.5. The molecule has 0 aliphatic heterocycles. The fourth-order valence-corrected chi connectivity index (χ4v) is 2.05. The predicted molar refractivity (Wildman–Crippen MR) is 86.1 cm³/mol. The lowest BCUT2D eigenvalue weighted by atomic mass is 10.0. The van der Waals surface area contributed by atoms with Gasteiger partial charge in [-0.15, -0.1) is 0 Å². The zero-order valence-corrected chi connectivity index (χ0v) is 13.8. The second-order valence-electron chi connectivity index (χ2n) is 5.79. The molecule has 1 aromatic carbocycles. The lowest BCUT2D eigenvalue weighted by Gasteiger charge is -2.20. The quantitative estimate of drug-likeness (QED) is 0.720. The van der Waals surface area contributed by atoms with Crippen LogP contribution < -0.4 is 10.6 Å². The predicted octanol–water partition coefficient (Wildman–Crippen LogP) is 1.87. The molecule has 0 radical (unpaired) electrons. The van der Waals surface area contributed by atoms with Gasteiger partial charge in [0.2, 0.25) is 5.91 Å². The van der Waals surface area contributed by atoms with Crippen molar-refractivity contribution in [1.29, 1.82) is 0 Å². The molecular weight excluding hydrogens is 280 g/mol. The Hall–Kier alpha value is -1.88. The highest BCUT2D eigenvalue weighted by Gasteiger charge is 2.23. The summed E-state index contributed by atoms with van der Waals surface area (Å²) in [5.74, 6) is -0.222. The Morgan fingerprint density at radius 1 is 1.14 bits per heavy atom. The molecule has 22 heavy (non-hydrogen) atoms. The number of benzene rings is 1. The van der Waals surface area contributed by atoms with Gasteiger partial charge in [-0.3, -0.25) is 4.79 Å².